The Morgan fingerprint density at radius 3 is 2.36 bits per heavy atom. The van der Waals surface area contributed by atoms with Gasteiger partial charge >= 0.3 is 6.09 Å². The van der Waals surface area contributed by atoms with Crippen LogP contribution < -0.4 is 5.73 Å². The molecule has 2 N–H and O–H groups in total. The van der Waals surface area contributed by atoms with E-state index in [-0.39, 0.29) is 12.0 Å². The molecule has 1 aliphatic heterocycles. The van der Waals surface area contributed by atoms with E-state index in [2.05, 4.69) is 64.1 Å². The van der Waals surface area contributed by atoms with Gasteiger partial charge in [0.05, 0.1) is 16.6 Å². The number of anilines is 1. The average molecular weight is 518 g/mol. The van der Waals surface area contributed by atoms with Gasteiger partial charge in [-0.3, -0.25) is 4.57 Å². The van der Waals surface area contributed by atoms with Crippen LogP contribution in [0.25, 0.3) is 39.2 Å². The zero-order chi connectivity index (χ0) is 27.1. The van der Waals surface area contributed by atoms with Gasteiger partial charge in [0.1, 0.15) is 17.2 Å². The minimum atomic E-state index is -0.493. The Kier molecular flexibility index (Phi) is 6.06. The van der Waals surface area contributed by atoms with E-state index in [0.29, 0.717) is 18.9 Å². The number of pyridine rings is 1. The van der Waals surface area contributed by atoms with Gasteiger partial charge in [-0.05, 0) is 73.9 Å². The maximum absolute atomic E-state index is 12.4. The fourth-order valence-electron chi connectivity index (χ4n) is 4.99. The lowest BCUT2D eigenvalue weighted by atomic mass is 9.92. The number of benzene rings is 3. The van der Waals surface area contributed by atoms with Crippen molar-refractivity contribution in [2.24, 2.45) is 0 Å². The molecule has 1 aliphatic rings. The first kappa shape index (κ1) is 24.7. The summed E-state index contributed by atoms with van der Waals surface area (Å²) < 4.78 is 7.65. The summed E-state index contributed by atoms with van der Waals surface area (Å²) >= 11 is 0. The highest BCUT2D eigenvalue weighted by atomic mass is 16.6. The third kappa shape index (κ3) is 4.83. The molecule has 0 bridgehead atoms. The lowest BCUT2D eigenvalue weighted by Crippen LogP contribution is -2.50. The molecule has 0 unspecified atom stereocenters. The zero-order valence-corrected chi connectivity index (χ0v) is 22.3. The smallest absolute Gasteiger partial charge is 0.410 e. The minimum Gasteiger partial charge on any atom is -0.444 e. The van der Waals surface area contributed by atoms with E-state index in [4.69, 9.17) is 15.5 Å². The van der Waals surface area contributed by atoms with E-state index in [1.165, 1.54) is 5.56 Å². The quantitative estimate of drug-likeness (QED) is 0.288. The van der Waals surface area contributed by atoms with Gasteiger partial charge in [-0.25, -0.2) is 14.8 Å². The van der Waals surface area contributed by atoms with Crippen molar-refractivity contribution in [1.82, 2.24) is 19.4 Å². The van der Waals surface area contributed by atoms with Crippen molar-refractivity contribution >= 4 is 22.9 Å². The number of hydrogen-bond acceptors (Lipinski definition) is 5. The van der Waals surface area contributed by atoms with E-state index in [0.717, 1.165) is 39.2 Å². The van der Waals surface area contributed by atoms with E-state index in [9.17, 15) is 4.79 Å². The van der Waals surface area contributed by atoms with E-state index >= 15 is 0 Å². The highest BCUT2D eigenvalue weighted by Gasteiger charge is 2.34. The van der Waals surface area contributed by atoms with Gasteiger partial charge in [0.2, 0.25) is 0 Å². The summed E-state index contributed by atoms with van der Waals surface area (Å²) in [5, 5.41) is 0. The molecule has 0 spiro atoms. The molecule has 3 heterocycles. The number of carbonyl (C=O) groups excluding carboxylic acids is 1. The molecule has 7 nitrogen and oxygen atoms in total. The standard InChI is InChI=1S/C32H31N5O2/c1-32(2,3)39-31(38)36-19-24(20-36)22-11-14-25(15-12-22)37-28-18-23(21-8-5-4-6-9-21)13-16-27(28)35-30(37)26-10-7-17-34-29(26)33/h4-18,24H,19-20H2,1-3H3,(H2,33,34). The summed E-state index contributed by atoms with van der Waals surface area (Å²) in [6, 6.07) is 29.0. The second-order valence-corrected chi connectivity index (χ2v) is 11.0. The van der Waals surface area contributed by atoms with E-state index in [1.807, 2.05) is 51.1 Å². The molecule has 2 aromatic heterocycles. The third-order valence-corrected chi connectivity index (χ3v) is 7.00. The fraction of sp³-hybridized carbons (Fsp3) is 0.219. The lowest BCUT2D eigenvalue weighted by molar-refractivity contribution is 0.00819. The molecule has 1 amide bonds. The number of carbonyl (C=O) groups is 1. The first-order valence-corrected chi connectivity index (χ1v) is 13.1. The van der Waals surface area contributed by atoms with Crippen LogP contribution in [0, 0.1) is 0 Å². The number of ether oxygens (including phenoxy) is 1. The van der Waals surface area contributed by atoms with Crippen LogP contribution in [0.2, 0.25) is 0 Å². The Morgan fingerprint density at radius 2 is 1.67 bits per heavy atom. The lowest BCUT2D eigenvalue weighted by Gasteiger charge is -2.40. The van der Waals surface area contributed by atoms with Gasteiger partial charge in [0, 0.05) is 30.9 Å². The summed E-state index contributed by atoms with van der Waals surface area (Å²) in [7, 11) is 0. The number of fused-ring (bicyclic) bond motifs is 1. The van der Waals surface area contributed by atoms with Crippen molar-refractivity contribution in [1.29, 1.82) is 0 Å². The van der Waals surface area contributed by atoms with Crippen molar-refractivity contribution in [3.05, 3.63) is 96.7 Å². The predicted molar refractivity (Wildman–Crippen MR) is 155 cm³/mol. The first-order chi connectivity index (χ1) is 18.8. The molecular weight excluding hydrogens is 486 g/mol. The van der Waals surface area contributed by atoms with Gasteiger partial charge in [-0.1, -0.05) is 48.5 Å². The Labute approximate surface area is 227 Å². The number of nitrogens with two attached hydrogens (primary N) is 1. The molecule has 6 rings (SSSR count). The Hall–Kier alpha value is -4.65. The van der Waals surface area contributed by atoms with Gasteiger partial charge in [0.25, 0.3) is 0 Å². The third-order valence-electron chi connectivity index (χ3n) is 7.00. The van der Waals surface area contributed by atoms with Crippen LogP contribution in [-0.4, -0.2) is 44.2 Å². The Balaban J connectivity index is 1.36. The van der Waals surface area contributed by atoms with Crippen molar-refractivity contribution in [2.45, 2.75) is 32.3 Å². The predicted octanol–water partition coefficient (Wildman–Crippen LogP) is 6.67. The van der Waals surface area contributed by atoms with E-state index in [1.54, 1.807) is 11.1 Å². The molecule has 7 heteroatoms. The Morgan fingerprint density at radius 1 is 0.923 bits per heavy atom. The van der Waals surface area contributed by atoms with Crippen molar-refractivity contribution in [3.8, 4) is 28.2 Å². The number of likely N-dealkylation sites (tertiary alicyclic amines) is 1. The van der Waals surface area contributed by atoms with Crippen LogP contribution in [0.3, 0.4) is 0 Å². The van der Waals surface area contributed by atoms with Crippen molar-refractivity contribution in [2.75, 3.05) is 18.8 Å². The van der Waals surface area contributed by atoms with Crippen LogP contribution in [0.4, 0.5) is 10.6 Å². The summed E-state index contributed by atoms with van der Waals surface area (Å²) in [6.07, 6.45) is 1.43. The second kappa shape index (κ2) is 9.58. The van der Waals surface area contributed by atoms with Crippen LogP contribution >= 0.6 is 0 Å². The fourth-order valence-corrected chi connectivity index (χ4v) is 4.99. The molecular formula is C32H31N5O2. The minimum absolute atomic E-state index is 0.256. The number of amides is 1. The van der Waals surface area contributed by atoms with Gasteiger partial charge in [-0.2, -0.15) is 0 Å². The van der Waals surface area contributed by atoms with Gasteiger partial charge < -0.3 is 15.4 Å². The van der Waals surface area contributed by atoms with Gasteiger partial charge in [0.15, 0.2) is 0 Å². The molecule has 39 heavy (non-hydrogen) atoms. The number of hydrogen-bond donors (Lipinski definition) is 1. The molecule has 0 saturated carbocycles. The number of rotatable bonds is 4. The van der Waals surface area contributed by atoms with Crippen LogP contribution in [0.5, 0.6) is 0 Å². The molecule has 5 aromatic rings. The Bertz CT molecular complexity index is 1650. The summed E-state index contributed by atoms with van der Waals surface area (Å²) in [4.78, 5) is 23.4. The topological polar surface area (TPSA) is 86.3 Å². The number of imidazole rings is 1. The number of nitrogens with zero attached hydrogens (tertiary/aromatic N) is 4. The van der Waals surface area contributed by atoms with E-state index < -0.39 is 5.60 Å². The molecule has 0 atom stereocenters. The normalized spacial score (nSPS) is 13.9. The van der Waals surface area contributed by atoms with Crippen molar-refractivity contribution < 1.29 is 9.53 Å². The molecule has 0 radical (unpaired) electrons. The number of aromatic nitrogens is 3. The zero-order valence-electron chi connectivity index (χ0n) is 22.3. The first-order valence-electron chi connectivity index (χ1n) is 13.1. The second-order valence-electron chi connectivity index (χ2n) is 11.0. The van der Waals surface area contributed by atoms with Crippen LogP contribution in [-0.2, 0) is 4.74 Å². The maximum Gasteiger partial charge on any atom is 0.410 e. The highest BCUT2D eigenvalue weighted by molar-refractivity contribution is 5.88. The summed E-state index contributed by atoms with van der Waals surface area (Å²) in [5.41, 5.74) is 12.9. The number of nitrogen functional groups attached to an aromatic ring is 1. The molecule has 196 valence electrons. The summed E-state index contributed by atoms with van der Waals surface area (Å²) in [6.45, 7) is 6.96. The average Bonchev–Trinajstić information content (AvgIpc) is 3.26. The van der Waals surface area contributed by atoms with Crippen molar-refractivity contribution in [3.63, 3.8) is 0 Å². The summed E-state index contributed by atoms with van der Waals surface area (Å²) in [5.74, 6) is 1.46. The molecule has 1 fully saturated rings. The van der Waals surface area contributed by atoms with Crippen LogP contribution in [0.1, 0.15) is 32.3 Å². The highest BCUT2D eigenvalue weighted by Crippen LogP contribution is 2.35. The largest absolute Gasteiger partial charge is 0.444 e. The molecule has 1 saturated heterocycles. The SMILES string of the molecule is CC(C)(C)OC(=O)N1CC(c2ccc(-n3c(-c4cccnc4N)nc4ccc(-c5ccccc5)cc43)cc2)C1. The maximum atomic E-state index is 12.4. The molecule has 0 aliphatic carbocycles. The molecule has 3 aromatic carbocycles. The van der Waals surface area contributed by atoms with Crippen LogP contribution in [0.15, 0.2) is 91.1 Å². The van der Waals surface area contributed by atoms with Gasteiger partial charge in [-0.15, -0.1) is 0 Å². The monoisotopic (exact) mass is 517 g/mol.